The van der Waals surface area contributed by atoms with E-state index in [1.165, 1.54) is 31.3 Å². The number of rotatable bonds is 20. The fraction of sp³-hybridized carbons (Fsp3) is 0.846. The van der Waals surface area contributed by atoms with Crippen LogP contribution in [-0.2, 0) is 9.59 Å². The topological polar surface area (TPSA) is 90.5 Å². The summed E-state index contributed by atoms with van der Waals surface area (Å²) in [6.45, 7) is 5.57. The SMILES string of the molecule is CCCCCCC1C=C(CCCCCCCC(=O)NCCNCCNC)CC(C(=O)O)C1. The summed E-state index contributed by atoms with van der Waals surface area (Å²) in [7, 11) is 1.93. The Hall–Kier alpha value is -1.40. The first-order valence-electron chi connectivity index (χ1n) is 13.1. The van der Waals surface area contributed by atoms with Gasteiger partial charge in [-0.2, -0.15) is 0 Å². The number of hydrogen-bond donors (Lipinski definition) is 4. The van der Waals surface area contributed by atoms with E-state index in [0.717, 1.165) is 77.4 Å². The molecule has 1 amide bonds. The molecule has 2 atom stereocenters. The zero-order chi connectivity index (χ0) is 23.4. The van der Waals surface area contributed by atoms with Gasteiger partial charge in [0.25, 0.3) is 0 Å². The standard InChI is InChI=1S/C26H49N3O3/c1-3-4-5-9-12-22-19-23(21-24(20-22)26(31)32)13-10-7-6-8-11-14-25(30)29-18-17-28-16-15-27-2/h19,22,24,27-28H,3-18,20-21H2,1-2H3,(H,29,30)(H,31,32). The molecule has 0 saturated heterocycles. The first-order chi connectivity index (χ1) is 15.6. The third kappa shape index (κ3) is 14.6. The molecule has 0 spiro atoms. The second kappa shape index (κ2) is 19.1. The van der Waals surface area contributed by atoms with Gasteiger partial charge in [0.05, 0.1) is 5.92 Å². The Bertz CT molecular complexity index is 536. The lowest BCUT2D eigenvalue weighted by atomic mass is 9.79. The summed E-state index contributed by atoms with van der Waals surface area (Å²) in [5.41, 5.74) is 1.37. The Morgan fingerprint density at radius 2 is 1.69 bits per heavy atom. The largest absolute Gasteiger partial charge is 0.481 e. The van der Waals surface area contributed by atoms with Gasteiger partial charge in [-0.3, -0.25) is 9.59 Å². The number of carboxylic acid groups (broad SMARTS) is 1. The number of amides is 1. The van der Waals surface area contributed by atoms with E-state index in [-0.39, 0.29) is 11.8 Å². The number of aliphatic carboxylic acids is 1. The summed E-state index contributed by atoms with van der Waals surface area (Å²) in [6.07, 6.45) is 17.2. The molecule has 186 valence electrons. The fourth-order valence-electron chi connectivity index (χ4n) is 4.53. The van der Waals surface area contributed by atoms with Crippen LogP contribution in [0.1, 0.15) is 96.8 Å². The molecule has 0 heterocycles. The predicted octanol–water partition coefficient (Wildman–Crippen LogP) is 4.65. The lowest BCUT2D eigenvalue weighted by molar-refractivity contribution is -0.142. The van der Waals surface area contributed by atoms with Gasteiger partial charge in [0.1, 0.15) is 0 Å². The molecule has 6 heteroatoms. The number of unbranched alkanes of at least 4 members (excludes halogenated alkanes) is 7. The van der Waals surface area contributed by atoms with E-state index in [4.69, 9.17) is 0 Å². The first kappa shape index (κ1) is 28.6. The van der Waals surface area contributed by atoms with Gasteiger partial charge >= 0.3 is 5.97 Å². The summed E-state index contributed by atoms with van der Waals surface area (Å²) < 4.78 is 0. The quantitative estimate of drug-likeness (QED) is 0.160. The van der Waals surface area contributed by atoms with Crippen LogP contribution in [0.2, 0.25) is 0 Å². The maximum atomic E-state index is 11.8. The normalized spacial score (nSPS) is 18.4. The Morgan fingerprint density at radius 1 is 0.969 bits per heavy atom. The molecule has 1 aliphatic rings. The first-order valence-corrected chi connectivity index (χ1v) is 13.1. The molecule has 0 bridgehead atoms. The Kier molecular flexibility index (Phi) is 17.1. The van der Waals surface area contributed by atoms with Gasteiger partial charge in [-0.1, -0.05) is 63.5 Å². The van der Waals surface area contributed by atoms with Gasteiger partial charge in [-0.25, -0.2) is 0 Å². The van der Waals surface area contributed by atoms with Gasteiger partial charge in [-0.15, -0.1) is 0 Å². The lowest BCUT2D eigenvalue weighted by Crippen LogP contribution is -2.34. The van der Waals surface area contributed by atoms with Gasteiger partial charge in [0.2, 0.25) is 5.91 Å². The molecule has 2 unspecified atom stereocenters. The number of carbonyl (C=O) groups excluding carboxylic acids is 1. The van der Waals surface area contributed by atoms with Gasteiger partial charge < -0.3 is 21.1 Å². The molecule has 0 aromatic heterocycles. The molecule has 6 nitrogen and oxygen atoms in total. The van der Waals surface area contributed by atoms with E-state index in [1.807, 2.05) is 7.05 Å². The number of nitrogens with one attached hydrogen (secondary N) is 3. The maximum absolute atomic E-state index is 11.8. The second-order valence-electron chi connectivity index (χ2n) is 9.38. The van der Waals surface area contributed by atoms with E-state index in [9.17, 15) is 14.7 Å². The van der Waals surface area contributed by atoms with Crippen LogP contribution in [0, 0.1) is 11.8 Å². The van der Waals surface area contributed by atoms with Crippen LogP contribution in [0.4, 0.5) is 0 Å². The number of hydrogen-bond acceptors (Lipinski definition) is 4. The number of likely N-dealkylation sites (N-methyl/N-ethyl adjacent to an activating group) is 1. The van der Waals surface area contributed by atoms with Gasteiger partial charge in [-0.05, 0) is 51.5 Å². The molecular weight excluding hydrogens is 402 g/mol. The van der Waals surface area contributed by atoms with E-state index in [2.05, 4.69) is 29.0 Å². The molecule has 0 radical (unpaired) electrons. The van der Waals surface area contributed by atoms with Crippen molar-refractivity contribution in [2.24, 2.45) is 11.8 Å². The minimum Gasteiger partial charge on any atom is -0.481 e. The van der Waals surface area contributed by atoms with Gasteiger partial charge in [0, 0.05) is 32.6 Å². The second-order valence-corrected chi connectivity index (χ2v) is 9.38. The smallest absolute Gasteiger partial charge is 0.306 e. The van der Waals surface area contributed by atoms with Crippen LogP contribution in [0.5, 0.6) is 0 Å². The van der Waals surface area contributed by atoms with Crippen molar-refractivity contribution in [3.8, 4) is 0 Å². The average Bonchev–Trinajstić information content (AvgIpc) is 2.78. The Labute approximate surface area is 196 Å². The zero-order valence-corrected chi connectivity index (χ0v) is 20.7. The monoisotopic (exact) mass is 451 g/mol. The van der Waals surface area contributed by atoms with E-state index in [0.29, 0.717) is 18.9 Å². The van der Waals surface area contributed by atoms with Crippen molar-refractivity contribution in [3.63, 3.8) is 0 Å². The molecule has 0 fully saturated rings. The molecule has 0 saturated carbocycles. The van der Waals surface area contributed by atoms with Crippen molar-refractivity contribution >= 4 is 11.9 Å². The maximum Gasteiger partial charge on any atom is 0.306 e. The Morgan fingerprint density at radius 3 is 2.44 bits per heavy atom. The van der Waals surface area contributed by atoms with Crippen LogP contribution >= 0.6 is 0 Å². The molecular formula is C26H49N3O3. The molecule has 0 aromatic rings. The summed E-state index contributed by atoms with van der Waals surface area (Å²) >= 11 is 0. The van der Waals surface area contributed by atoms with Crippen LogP contribution < -0.4 is 16.0 Å². The van der Waals surface area contributed by atoms with Crippen LogP contribution in [0.3, 0.4) is 0 Å². The minimum atomic E-state index is -0.624. The number of allylic oxidation sites excluding steroid dienone is 2. The average molecular weight is 452 g/mol. The summed E-state index contributed by atoms with van der Waals surface area (Å²) in [5.74, 6) is -0.212. The van der Waals surface area contributed by atoms with E-state index >= 15 is 0 Å². The van der Waals surface area contributed by atoms with E-state index in [1.54, 1.807) is 0 Å². The minimum absolute atomic E-state index is 0.150. The van der Waals surface area contributed by atoms with Crippen LogP contribution in [0.15, 0.2) is 11.6 Å². The third-order valence-corrected chi connectivity index (χ3v) is 6.42. The summed E-state index contributed by atoms with van der Waals surface area (Å²) in [5, 5.41) is 18.8. The molecule has 1 aliphatic carbocycles. The zero-order valence-electron chi connectivity index (χ0n) is 20.7. The lowest BCUT2D eigenvalue weighted by Gasteiger charge is -2.26. The summed E-state index contributed by atoms with van der Waals surface area (Å²) in [6, 6.07) is 0. The highest BCUT2D eigenvalue weighted by Gasteiger charge is 2.26. The fourth-order valence-corrected chi connectivity index (χ4v) is 4.53. The third-order valence-electron chi connectivity index (χ3n) is 6.42. The van der Waals surface area contributed by atoms with Crippen molar-refractivity contribution in [1.29, 1.82) is 0 Å². The van der Waals surface area contributed by atoms with Crippen molar-refractivity contribution in [2.45, 2.75) is 96.8 Å². The highest BCUT2D eigenvalue weighted by molar-refractivity contribution is 5.75. The number of carboxylic acids is 1. The van der Waals surface area contributed by atoms with Gasteiger partial charge in [0.15, 0.2) is 0 Å². The van der Waals surface area contributed by atoms with Crippen molar-refractivity contribution in [1.82, 2.24) is 16.0 Å². The van der Waals surface area contributed by atoms with Crippen molar-refractivity contribution in [3.05, 3.63) is 11.6 Å². The highest BCUT2D eigenvalue weighted by atomic mass is 16.4. The molecule has 1 rings (SSSR count). The number of carbonyl (C=O) groups is 2. The predicted molar refractivity (Wildman–Crippen MR) is 133 cm³/mol. The Balaban J connectivity index is 2.12. The molecule has 0 aromatic carbocycles. The van der Waals surface area contributed by atoms with Crippen LogP contribution in [-0.4, -0.2) is 50.2 Å². The summed E-state index contributed by atoms with van der Waals surface area (Å²) in [4.78, 5) is 23.4. The molecule has 32 heavy (non-hydrogen) atoms. The van der Waals surface area contributed by atoms with E-state index < -0.39 is 5.97 Å². The highest BCUT2D eigenvalue weighted by Crippen LogP contribution is 2.34. The van der Waals surface area contributed by atoms with Crippen molar-refractivity contribution in [2.75, 3.05) is 33.2 Å². The van der Waals surface area contributed by atoms with Crippen LogP contribution in [0.25, 0.3) is 0 Å². The molecule has 0 aliphatic heterocycles. The molecule has 4 N–H and O–H groups in total. The van der Waals surface area contributed by atoms with Crippen molar-refractivity contribution < 1.29 is 14.7 Å².